The van der Waals surface area contributed by atoms with E-state index in [0.717, 1.165) is 6.42 Å². The first-order valence-corrected chi connectivity index (χ1v) is 7.27. The minimum absolute atomic E-state index is 0.255. The van der Waals surface area contributed by atoms with Gasteiger partial charge in [0.05, 0.1) is 11.6 Å². The standard InChI is InChI=1S/C14H19Cl2NO4/c1-9(14(19)17-4-3-5-20-2)21-13-10(8-18)6-11(15)7-12(13)16/h6-7,9,18H,3-5,8H2,1-2H3,(H,17,19). The minimum atomic E-state index is -0.739. The largest absolute Gasteiger partial charge is 0.479 e. The van der Waals surface area contributed by atoms with Crippen molar-refractivity contribution in [1.29, 1.82) is 0 Å². The first-order chi connectivity index (χ1) is 9.99. The number of aliphatic hydroxyl groups is 1. The second-order valence-electron chi connectivity index (χ2n) is 4.43. The normalized spacial score (nSPS) is 12.0. The zero-order valence-electron chi connectivity index (χ0n) is 12.0. The van der Waals surface area contributed by atoms with Crippen LogP contribution in [0.5, 0.6) is 5.75 Å². The summed E-state index contributed by atoms with van der Waals surface area (Å²) < 4.78 is 10.4. The van der Waals surface area contributed by atoms with Gasteiger partial charge in [-0.3, -0.25) is 4.79 Å². The summed E-state index contributed by atoms with van der Waals surface area (Å²) in [7, 11) is 1.60. The molecule has 2 N–H and O–H groups in total. The molecule has 1 amide bonds. The summed E-state index contributed by atoms with van der Waals surface area (Å²) in [5, 5.41) is 12.7. The number of hydrogen-bond acceptors (Lipinski definition) is 4. The van der Waals surface area contributed by atoms with Crippen molar-refractivity contribution in [2.75, 3.05) is 20.3 Å². The maximum atomic E-state index is 11.9. The Labute approximate surface area is 134 Å². The molecule has 118 valence electrons. The average molecular weight is 336 g/mol. The molecule has 0 aliphatic carbocycles. The molecule has 0 saturated carbocycles. The smallest absolute Gasteiger partial charge is 0.260 e. The molecule has 0 fully saturated rings. The zero-order chi connectivity index (χ0) is 15.8. The molecule has 0 heterocycles. The number of rotatable bonds is 8. The van der Waals surface area contributed by atoms with Gasteiger partial charge in [-0.15, -0.1) is 0 Å². The predicted octanol–water partition coefficient (Wildman–Crippen LogP) is 2.41. The molecule has 0 aliphatic rings. The van der Waals surface area contributed by atoms with E-state index in [1.54, 1.807) is 20.1 Å². The lowest BCUT2D eigenvalue weighted by Crippen LogP contribution is -2.37. The lowest BCUT2D eigenvalue weighted by Gasteiger charge is -2.18. The van der Waals surface area contributed by atoms with Gasteiger partial charge in [-0.1, -0.05) is 23.2 Å². The Hall–Kier alpha value is -1.01. The van der Waals surface area contributed by atoms with E-state index in [0.29, 0.717) is 23.7 Å². The molecule has 5 nitrogen and oxygen atoms in total. The highest BCUT2D eigenvalue weighted by Crippen LogP contribution is 2.33. The van der Waals surface area contributed by atoms with E-state index >= 15 is 0 Å². The quantitative estimate of drug-likeness (QED) is 0.716. The first kappa shape index (κ1) is 18.0. The zero-order valence-corrected chi connectivity index (χ0v) is 13.5. The van der Waals surface area contributed by atoms with Gasteiger partial charge in [0.2, 0.25) is 0 Å². The second-order valence-corrected chi connectivity index (χ2v) is 5.28. The van der Waals surface area contributed by atoms with E-state index in [4.69, 9.17) is 32.7 Å². The van der Waals surface area contributed by atoms with Crippen LogP contribution in [0.25, 0.3) is 0 Å². The van der Waals surface area contributed by atoms with Gasteiger partial charge in [0.25, 0.3) is 5.91 Å². The summed E-state index contributed by atoms with van der Waals surface area (Å²) in [4.78, 5) is 11.9. The number of carbonyl (C=O) groups is 1. The van der Waals surface area contributed by atoms with E-state index in [1.165, 1.54) is 6.07 Å². The van der Waals surface area contributed by atoms with Gasteiger partial charge in [-0.05, 0) is 25.5 Å². The number of hydrogen-bond donors (Lipinski definition) is 2. The van der Waals surface area contributed by atoms with Crippen LogP contribution < -0.4 is 10.1 Å². The first-order valence-electron chi connectivity index (χ1n) is 6.51. The van der Waals surface area contributed by atoms with Crippen LogP contribution in [0.1, 0.15) is 18.9 Å². The Bertz CT molecular complexity index is 482. The van der Waals surface area contributed by atoms with E-state index in [9.17, 15) is 9.90 Å². The van der Waals surface area contributed by atoms with Crippen molar-refractivity contribution < 1.29 is 19.4 Å². The molecular formula is C14H19Cl2NO4. The van der Waals surface area contributed by atoms with E-state index in [1.807, 2.05) is 0 Å². The maximum absolute atomic E-state index is 11.9. The van der Waals surface area contributed by atoms with Crippen LogP contribution in [0.3, 0.4) is 0 Å². The van der Waals surface area contributed by atoms with Gasteiger partial charge >= 0.3 is 0 Å². The van der Waals surface area contributed by atoms with Crippen molar-refractivity contribution in [3.05, 3.63) is 27.7 Å². The molecule has 1 aromatic carbocycles. The number of amides is 1. The van der Waals surface area contributed by atoms with E-state index < -0.39 is 6.10 Å². The average Bonchev–Trinajstić information content (AvgIpc) is 2.45. The highest BCUT2D eigenvalue weighted by Gasteiger charge is 2.18. The molecule has 7 heteroatoms. The van der Waals surface area contributed by atoms with Crippen molar-refractivity contribution in [2.24, 2.45) is 0 Å². The molecule has 0 saturated heterocycles. The second kappa shape index (κ2) is 9.10. The van der Waals surface area contributed by atoms with Crippen molar-refractivity contribution >= 4 is 29.1 Å². The van der Waals surface area contributed by atoms with Crippen LogP contribution in [0.15, 0.2) is 12.1 Å². The van der Waals surface area contributed by atoms with Gasteiger partial charge in [0, 0.05) is 30.8 Å². The molecule has 1 atom stereocenters. The summed E-state index contributed by atoms with van der Waals surface area (Å²) in [5.74, 6) is 0.00381. The van der Waals surface area contributed by atoms with E-state index in [-0.39, 0.29) is 23.3 Å². The molecule has 0 aliphatic heterocycles. The third-order valence-electron chi connectivity index (χ3n) is 2.74. The topological polar surface area (TPSA) is 67.8 Å². The number of nitrogens with one attached hydrogen (secondary N) is 1. The minimum Gasteiger partial charge on any atom is -0.479 e. The van der Waals surface area contributed by atoms with Crippen molar-refractivity contribution in [2.45, 2.75) is 26.1 Å². The highest BCUT2D eigenvalue weighted by molar-refractivity contribution is 6.35. The van der Waals surface area contributed by atoms with Crippen molar-refractivity contribution in [3.8, 4) is 5.75 Å². The summed E-state index contributed by atoms with van der Waals surface area (Å²) in [6.07, 6.45) is -0.0185. The SMILES string of the molecule is COCCCNC(=O)C(C)Oc1c(Cl)cc(Cl)cc1CO. The summed E-state index contributed by atoms with van der Waals surface area (Å²) in [6, 6.07) is 3.05. The number of aliphatic hydroxyl groups excluding tert-OH is 1. The Kier molecular flexibility index (Phi) is 7.82. The fourth-order valence-electron chi connectivity index (χ4n) is 1.67. The van der Waals surface area contributed by atoms with Crippen molar-refractivity contribution in [1.82, 2.24) is 5.32 Å². The summed E-state index contributed by atoms with van der Waals surface area (Å²) >= 11 is 11.9. The fourth-order valence-corrected chi connectivity index (χ4v) is 2.25. The lowest BCUT2D eigenvalue weighted by atomic mass is 10.2. The molecule has 0 radical (unpaired) electrons. The van der Waals surface area contributed by atoms with E-state index in [2.05, 4.69) is 5.32 Å². The third kappa shape index (κ3) is 5.71. The molecule has 0 aromatic heterocycles. The van der Waals surface area contributed by atoms with Gasteiger partial charge in [-0.25, -0.2) is 0 Å². The molecule has 1 rings (SSSR count). The van der Waals surface area contributed by atoms with Gasteiger partial charge < -0.3 is 19.9 Å². The number of methoxy groups -OCH3 is 1. The number of benzene rings is 1. The fraction of sp³-hybridized carbons (Fsp3) is 0.500. The van der Waals surface area contributed by atoms with Crippen LogP contribution in [0, 0.1) is 0 Å². The molecular weight excluding hydrogens is 317 g/mol. The molecule has 0 spiro atoms. The molecule has 1 aromatic rings. The number of ether oxygens (including phenoxy) is 2. The molecule has 21 heavy (non-hydrogen) atoms. The lowest BCUT2D eigenvalue weighted by molar-refractivity contribution is -0.127. The predicted molar refractivity (Wildman–Crippen MR) is 82.0 cm³/mol. The van der Waals surface area contributed by atoms with Gasteiger partial charge in [0.1, 0.15) is 5.75 Å². The Morgan fingerprint density at radius 2 is 2.14 bits per heavy atom. The summed E-state index contributed by atoms with van der Waals surface area (Å²) in [6.45, 7) is 2.41. The van der Waals surface area contributed by atoms with Crippen molar-refractivity contribution in [3.63, 3.8) is 0 Å². The number of carbonyl (C=O) groups excluding carboxylic acids is 1. The third-order valence-corrected chi connectivity index (χ3v) is 3.24. The molecule has 1 unspecified atom stereocenters. The van der Waals surface area contributed by atoms with Gasteiger partial charge in [0.15, 0.2) is 6.10 Å². The highest BCUT2D eigenvalue weighted by atomic mass is 35.5. The van der Waals surface area contributed by atoms with Crippen LogP contribution in [0.4, 0.5) is 0 Å². The van der Waals surface area contributed by atoms with Crippen LogP contribution in [0.2, 0.25) is 10.0 Å². The Morgan fingerprint density at radius 3 is 2.76 bits per heavy atom. The maximum Gasteiger partial charge on any atom is 0.260 e. The monoisotopic (exact) mass is 335 g/mol. The van der Waals surface area contributed by atoms with Gasteiger partial charge in [-0.2, -0.15) is 0 Å². The van der Waals surface area contributed by atoms with Crippen LogP contribution in [-0.2, 0) is 16.1 Å². The van der Waals surface area contributed by atoms with Crippen LogP contribution >= 0.6 is 23.2 Å². The molecule has 0 bridgehead atoms. The Morgan fingerprint density at radius 1 is 1.43 bits per heavy atom. The summed E-state index contributed by atoms with van der Waals surface area (Å²) in [5.41, 5.74) is 0.437. The Balaban J connectivity index is 2.65. The number of halogens is 2. The van der Waals surface area contributed by atoms with Crippen LogP contribution in [-0.4, -0.2) is 37.4 Å².